The quantitative estimate of drug-likeness (QED) is 0.668. The van der Waals surface area contributed by atoms with Crippen LogP contribution in [0.25, 0.3) is 0 Å². The summed E-state index contributed by atoms with van der Waals surface area (Å²) in [6.07, 6.45) is 1.17. The summed E-state index contributed by atoms with van der Waals surface area (Å²) in [7, 11) is 0. The number of nitrogens with one attached hydrogen (secondary N) is 1. The van der Waals surface area contributed by atoms with Crippen LogP contribution >= 0.6 is 0 Å². The fourth-order valence-electron chi connectivity index (χ4n) is 2.96. The van der Waals surface area contributed by atoms with Crippen LogP contribution in [-0.4, -0.2) is 43.4 Å². The number of carbonyl (C=O) groups is 2. The molecule has 1 aromatic rings. The minimum absolute atomic E-state index is 0.0370. The number of hydrogen-bond acceptors (Lipinski definition) is 5. The van der Waals surface area contributed by atoms with E-state index in [1.54, 1.807) is 6.92 Å². The van der Waals surface area contributed by atoms with E-state index >= 15 is 0 Å². The molecule has 0 spiro atoms. The molecular weight excluding hydrogens is 346 g/mol. The number of hydrogen-bond donors (Lipinski definition) is 1. The molecule has 1 aliphatic heterocycles. The molecule has 1 N–H and O–H groups in total. The summed E-state index contributed by atoms with van der Waals surface area (Å²) in [4.78, 5) is 25.1. The number of para-hydroxylation sites is 1. The summed E-state index contributed by atoms with van der Waals surface area (Å²) < 4.78 is 16.5. The third-order valence-electron chi connectivity index (χ3n) is 4.65. The summed E-state index contributed by atoms with van der Waals surface area (Å²) in [6.45, 7) is 8.46. The van der Waals surface area contributed by atoms with E-state index in [1.165, 1.54) is 0 Å². The van der Waals surface area contributed by atoms with Gasteiger partial charge in [0.05, 0.1) is 12.7 Å². The molecule has 2 rings (SSSR count). The van der Waals surface area contributed by atoms with Gasteiger partial charge in [0.2, 0.25) is 0 Å². The number of amides is 1. The van der Waals surface area contributed by atoms with Crippen molar-refractivity contribution in [3.63, 3.8) is 0 Å². The van der Waals surface area contributed by atoms with Crippen molar-refractivity contribution in [1.82, 2.24) is 0 Å². The third kappa shape index (κ3) is 6.33. The molecule has 0 saturated carbocycles. The average Bonchev–Trinajstić information content (AvgIpc) is 3.17. The Kier molecular flexibility index (Phi) is 8.25. The normalized spacial score (nSPS) is 18.9. The van der Waals surface area contributed by atoms with Gasteiger partial charge >= 0.3 is 5.97 Å². The molecule has 0 aliphatic carbocycles. The van der Waals surface area contributed by atoms with Crippen LogP contribution in [0.2, 0.25) is 0 Å². The van der Waals surface area contributed by atoms with Crippen molar-refractivity contribution in [1.29, 1.82) is 0 Å². The predicted octanol–water partition coefficient (Wildman–Crippen LogP) is 3.34. The first-order valence-electron chi connectivity index (χ1n) is 9.74. The van der Waals surface area contributed by atoms with Crippen LogP contribution in [0, 0.1) is 5.92 Å². The summed E-state index contributed by atoms with van der Waals surface area (Å²) in [5, 5.41) is 2.89. The number of ether oxygens (including phenoxy) is 3. The second kappa shape index (κ2) is 10.4. The van der Waals surface area contributed by atoms with Gasteiger partial charge in [0.1, 0.15) is 0 Å². The van der Waals surface area contributed by atoms with Gasteiger partial charge in [-0.3, -0.25) is 4.79 Å². The van der Waals surface area contributed by atoms with Gasteiger partial charge in [-0.2, -0.15) is 0 Å². The van der Waals surface area contributed by atoms with E-state index in [9.17, 15) is 9.59 Å². The fraction of sp³-hybridized carbons (Fsp3) is 0.619. The van der Waals surface area contributed by atoms with Crippen molar-refractivity contribution in [2.45, 2.75) is 65.3 Å². The highest BCUT2D eigenvalue weighted by atomic mass is 16.6. The molecule has 1 saturated heterocycles. The number of rotatable bonds is 9. The van der Waals surface area contributed by atoms with Gasteiger partial charge in [-0.1, -0.05) is 39.0 Å². The Hall–Kier alpha value is -1.92. The van der Waals surface area contributed by atoms with Crippen LogP contribution in [0.5, 0.6) is 0 Å². The largest absolute Gasteiger partial charge is 0.450 e. The Morgan fingerprint density at radius 3 is 2.63 bits per heavy atom. The molecule has 1 fully saturated rings. The van der Waals surface area contributed by atoms with Gasteiger partial charge in [0.25, 0.3) is 5.91 Å². The molecule has 0 bridgehead atoms. The zero-order valence-electron chi connectivity index (χ0n) is 16.7. The zero-order chi connectivity index (χ0) is 19.8. The molecule has 3 unspecified atom stereocenters. The Morgan fingerprint density at radius 2 is 2.00 bits per heavy atom. The van der Waals surface area contributed by atoms with E-state index < -0.39 is 18.2 Å². The smallest absolute Gasteiger partial charge is 0.335 e. The van der Waals surface area contributed by atoms with Crippen molar-refractivity contribution in [3.05, 3.63) is 29.8 Å². The molecule has 1 heterocycles. The Labute approximate surface area is 161 Å². The average molecular weight is 377 g/mol. The molecular formula is C21H31NO5. The van der Waals surface area contributed by atoms with E-state index in [2.05, 4.69) is 5.32 Å². The lowest BCUT2D eigenvalue weighted by molar-refractivity contribution is -0.168. The van der Waals surface area contributed by atoms with Gasteiger partial charge in [-0.05, 0) is 43.7 Å². The lowest BCUT2D eigenvalue weighted by atomic mass is 10.1. The van der Waals surface area contributed by atoms with Crippen LogP contribution in [0.1, 0.15) is 46.1 Å². The SMILES string of the molecule is CCc1ccccc1NC(=O)C(OC(=O)C(C)OCC1CCCO1)C(C)C. The fourth-order valence-corrected chi connectivity index (χ4v) is 2.96. The first kappa shape index (κ1) is 21.4. The number of benzene rings is 1. The maximum absolute atomic E-state index is 12.7. The molecule has 6 heteroatoms. The van der Waals surface area contributed by atoms with Gasteiger partial charge in [0, 0.05) is 12.3 Å². The second-order valence-electron chi connectivity index (χ2n) is 7.21. The highest BCUT2D eigenvalue weighted by molar-refractivity contribution is 5.96. The highest BCUT2D eigenvalue weighted by Gasteiger charge is 2.30. The van der Waals surface area contributed by atoms with Crippen molar-refractivity contribution >= 4 is 17.6 Å². The molecule has 1 aliphatic rings. The number of anilines is 1. The number of carbonyl (C=O) groups excluding carboxylic acids is 2. The zero-order valence-corrected chi connectivity index (χ0v) is 16.7. The lowest BCUT2D eigenvalue weighted by Gasteiger charge is -2.23. The summed E-state index contributed by atoms with van der Waals surface area (Å²) in [6, 6.07) is 7.62. The predicted molar refractivity (Wildman–Crippen MR) is 104 cm³/mol. The van der Waals surface area contributed by atoms with E-state index in [4.69, 9.17) is 14.2 Å². The van der Waals surface area contributed by atoms with Crippen LogP contribution < -0.4 is 5.32 Å². The van der Waals surface area contributed by atoms with Gasteiger partial charge in [0.15, 0.2) is 12.2 Å². The molecule has 0 aromatic heterocycles. The van der Waals surface area contributed by atoms with Crippen LogP contribution in [-0.2, 0) is 30.2 Å². The van der Waals surface area contributed by atoms with Crippen molar-refractivity contribution in [2.24, 2.45) is 5.92 Å². The van der Waals surface area contributed by atoms with E-state index in [0.29, 0.717) is 6.61 Å². The summed E-state index contributed by atoms with van der Waals surface area (Å²) in [5.74, 6) is -1.02. The van der Waals surface area contributed by atoms with Gasteiger partial charge < -0.3 is 19.5 Å². The Balaban J connectivity index is 1.92. The number of aryl methyl sites for hydroxylation is 1. The first-order valence-corrected chi connectivity index (χ1v) is 9.74. The molecule has 3 atom stereocenters. The van der Waals surface area contributed by atoms with E-state index in [-0.39, 0.29) is 17.9 Å². The van der Waals surface area contributed by atoms with Crippen LogP contribution in [0.15, 0.2) is 24.3 Å². The summed E-state index contributed by atoms with van der Waals surface area (Å²) in [5.41, 5.74) is 1.78. The van der Waals surface area contributed by atoms with Gasteiger partial charge in [-0.25, -0.2) is 4.79 Å². The van der Waals surface area contributed by atoms with E-state index in [1.807, 2.05) is 45.0 Å². The topological polar surface area (TPSA) is 73.9 Å². The molecule has 150 valence electrons. The van der Waals surface area contributed by atoms with Crippen LogP contribution in [0.3, 0.4) is 0 Å². The monoisotopic (exact) mass is 377 g/mol. The molecule has 1 aromatic carbocycles. The lowest BCUT2D eigenvalue weighted by Crippen LogP contribution is -2.40. The maximum Gasteiger partial charge on any atom is 0.335 e. The third-order valence-corrected chi connectivity index (χ3v) is 4.65. The molecule has 6 nitrogen and oxygen atoms in total. The highest BCUT2D eigenvalue weighted by Crippen LogP contribution is 2.18. The number of esters is 1. The van der Waals surface area contributed by atoms with Gasteiger partial charge in [-0.15, -0.1) is 0 Å². The Bertz CT molecular complexity index is 625. The van der Waals surface area contributed by atoms with Crippen molar-refractivity contribution in [2.75, 3.05) is 18.5 Å². The minimum Gasteiger partial charge on any atom is -0.450 e. The molecule has 27 heavy (non-hydrogen) atoms. The minimum atomic E-state index is -0.879. The van der Waals surface area contributed by atoms with E-state index in [0.717, 1.165) is 37.1 Å². The second-order valence-corrected chi connectivity index (χ2v) is 7.21. The first-order chi connectivity index (χ1) is 12.9. The molecule has 0 radical (unpaired) electrons. The van der Waals surface area contributed by atoms with Crippen molar-refractivity contribution < 1.29 is 23.8 Å². The summed E-state index contributed by atoms with van der Waals surface area (Å²) >= 11 is 0. The Morgan fingerprint density at radius 1 is 1.26 bits per heavy atom. The van der Waals surface area contributed by atoms with Crippen LogP contribution in [0.4, 0.5) is 5.69 Å². The van der Waals surface area contributed by atoms with Crippen molar-refractivity contribution in [3.8, 4) is 0 Å². The maximum atomic E-state index is 12.7. The molecule has 1 amide bonds. The standard InChI is InChI=1S/C21H31NO5/c1-5-16-9-6-7-11-18(16)22-20(23)19(14(2)3)27-21(24)15(4)26-13-17-10-8-12-25-17/h6-7,9,11,14-15,17,19H,5,8,10,12-13H2,1-4H3,(H,22,23).